The first-order chi connectivity index (χ1) is 22.7. The Kier molecular flexibility index (Phi) is 14.2. The predicted octanol–water partition coefficient (Wildman–Crippen LogP) is 3.59. The molecule has 0 aromatic carbocycles. The number of carboxylic acids is 1. The molecule has 0 radical (unpaired) electrons. The summed E-state index contributed by atoms with van der Waals surface area (Å²) < 4.78 is 58.4. The number of aliphatic carboxylic acids is 1. The molecule has 48 heavy (non-hydrogen) atoms. The van der Waals surface area contributed by atoms with Crippen LogP contribution in [-0.2, 0) is 29.6 Å². The molecule has 1 amide bonds. The monoisotopic (exact) mass is 715 g/mol. The summed E-state index contributed by atoms with van der Waals surface area (Å²) in [4.78, 5) is 26.0. The van der Waals surface area contributed by atoms with Gasteiger partial charge in [0.05, 0.1) is 10.5 Å². The molecule has 0 bridgehead atoms. The second-order valence-corrected chi connectivity index (χ2v) is 19.5. The van der Waals surface area contributed by atoms with E-state index in [1.165, 1.54) is 4.31 Å². The summed E-state index contributed by atoms with van der Waals surface area (Å²) in [5.74, 6) is -0.844. The summed E-state index contributed by atoms with van der Waals surface area (Å²) in [6.45, 7) is 6.26. The highest BCUT2D eigenvalue weighted by atomic mass is 32.2. The number of amides is 1. The zero-order chi connectivity index (χ0) is 35.1. The fourth-order valence-electron chi connectivity index (χ4n) is 8.10. The fraction of sp³-hybridized carbons (Fsp3) is 0.882. The molecule has 3 saturated carbocycles. The average molecular weight is 716 g/mol. The number of unbranched alkanes of at least 4 members (excludes halogenated alkanes) is 1. The lowest BCUT2D eigenvalue weighted by atomic mass is 9.80. The van der Waals surface area contributed by atoms with Crippen LogP contribution in [0.5, 0.6) is 0 Å². The molecule has 4 aliphatic rings. The van der Waals surface area contributed by atoms with Gasteiger partial charge in [0.2, 0.25) is 26.0 Å². The van der Waals surface area contributed by atoms with Gasteiger partial charge >= 0.3 is 5.97 Å². The molecule has 4 rings (SSSR count). The number of nitrogens with two attached hydrogens (primary N) is 1. The van der Waals surface area contributed by atoms with Gasteiger partial charge in [-0.05, 0) is 114 Å². The van der Waals surface area contributed by atoms with Crippen LogP contribution in [0.4, 0.5) is 0 Å². The SMILES string of the molecule is CC(C)CN([C@@H](CCCCNC(=O)[C@H](CC1=CNC2CCCCC12)NS(=O)(=O)C1CCC(N)CC1)C(=O)O)S(=O)(=O)C1CCC(C)CC1. The van der Waals surface area contributed by atoms with Gasteiger partial charge in [0, 0.05) is 31.1 Å². The second-order valence-electron chi connectivity index (χ2n) is 15.4. The van der Waals surface area contributed by atoms with E-state index >= 15 is 0 Å². The van der Waals surface area contributed by atoms with Crippen molar-refractivity contribution in [1.29, 1.82) is 0 Å². The van der Waals surface area contributed by atoms with E-state index in [1.54, 1.807) is 0 Å². The van der Waals surface area contributed by atoms with Crippen molar-refractivity contribution in [3.8, 4) is 0 Å². The number of hydrogen-bond acceptors (Lipinski definition) is 8. The minimum Gasteiger partial charge on any atom is -0.480 e. The Morgan fingerprint density at radius 1 is 0.958 bits per heavy atom. The van der Waals surface area contributed by atoms with Crippen molar-refractivity contribution in [2.45, 2.75) is 158 Å². The molecule has 3 aliphatic carbocycles. The van der Waals surface area contributed by atoms with Crippen LogP contribution >= 0.6 is 0 Å². The van der Waals surface area contributed by atoms with E-state index in [9.17, 15) is 31.5 Å². The summed E-state index contributed by atoms with van der Waals surface area (Å²) in [6.07, 6.45) is 12.5. The molecular weight excluding hydrogens is 655 g/mol. The molecule has 0 aromatic rings. The molecule has 0 spiro atoms. The zero-order valence-corrected chi connectivity index (χ0v) is 30.9. The van der Waals surface area contributed by atoms with Gasteiger partial charge in [-0.15, -0.1) is 0 Å². The number of nitrogens with zero attached hydrogens (tertiary/aromatic N) is 1. The lowest BCUT2D eigenvalue weighted by Gasteiger charge is -2.35. The maximum Gasteiger partial charge on any atom is 0.322 e. The minimum atomic E-state index is -3.80. The van der Waals surface area contributed by atoms with Gasteiger partial charge in [-0.1, -0.05) is 33.6 Å². The van der Waals surface area contributed by atoms with E-state index in [-0.39, 0.29) is 37.9 Å². The van der Waals surface area contributed by atoms with E-state index < -0.39 is 54.5 Å². The topological polar surface area (TPSA) is 188 Å². The van der Waals surface area contributed by atoms with Crippen molar-refractivity contribution in [2.24, 2.45) is 23.5 Å². The van der Waals surface area contributed by atoms with Crippen molar-refractivity contribution in [3.63, 3.8) is 0 Å². The largest absolute Gasteiger partial charge is 0.480 e. The van der Waals surface area contributed by atoms with E-state index in [1.807, 2.05) is 20.0 Å². The molecule has 12 nitrogen and oxygen atoms in total. The van der Waals surface area contributed by atoms with Gasteiger partial charge in [0.25, 0.3) is 0 Å². The maximum absolute atomic E-state index is 13.7. The fourth-order valence-corrected chi connectivity index (χ4v) is 12.1. The van der Waals surface area contributed by atoms with Gasteiger partial charge < -0.3 is 21.5 Å². The molecule has 2 unspecified atom stereocenters. The quantitative estimate of drug-likeness (QED) is 0.140. The number of hydrogen-bond donors (Lipinski definition) is 5. The third-order valence-electron chi connectivity index (χ3n) is 11.0. The minimum absolute atomic E-state index is 0.00265. The smallest absolute Gasteiger partial charge is 0.322 e. The molecule has 1 aliphatic heterocycles. The van der Waals surface area contributed by atoms with E-state index in [0.717, 1.165) is 44.1 Å². The molecular formula is C34H61N5O7S2. The molecule has 276 valence electrons. The Hall–Kier alpha value is -1.74. The van der Waals surface area contributed by atoms with Crippen LogP contribution < -0.4 is 21.1 Å². The van der Waals surface area contributed by atoms with Crippen molar-refractivity contribution in [1.82, 2.24) is 19.7 Å². The third kappa shape index (κ3) is 10.4. The first-order valence-corrected chi connectivity index (χ1v) is 21.5. The van der Waals surface area contributed by atoms with Crippen molar-refractivity contribution < 1.29 is 31.5 Å². The van der Waals surface area contributed by atoms with E-state index in [0.29, 0.717) is 69.2 Å². The average Bonchev–Trinajstić information content (AvgIpc) is 3.44. The van der Waals surface area contributed by atoms with Gasteiger partial charge in [-0.2, -0.15) is 4.31 Å². The summed E-state index contributed by atoms with van der Waals surface area (Å²) >= 11 is 0. The standard InChI is InChI=1S/C34H61N5O7S2/c1-23(2)22-39(48(45,46)28-15-11-24(3)12-16-28)32(34(41)42)10-6-7-19-36-33(40)31(20-25-21-37-30-9-5-4-8-29(25)30)38-47(43,44)27-17-13-26(35)14-18-27/h21,23-24,26-32,37-38H,4-20,22,35H2,1-3H3,(H,36,40)(H,41,42)/t24?,26?,27?,28?,29?,30?,31-,32-/m0/s1. The summed E-state index contributed by atoms with van der Waals surface area (Å²) in [5.41, 5.74) is 7.08. The number of sulfonamides is 2. The van der Waals surface area contributed by atoms with Crippen LogP contribution in [0.3, 0.4) is 0 Å². The number of fused-ring (bicyclic) bond motifs is 1. The Bertz CT molecular complexity index is 1320. The van der Waals surface area contributed by atoms with Gasteiger partial charge in [0.15, 0.2) is 0 Å². The van der Waals surface area contributed by atoms with E-state index in [2.05, 4.69) is 22.3 Å². The normalized spacial score (nSPS) is 29.5. The van der Waals surface area contributed by atoms with Crippen molar-refractivity contribution in [2.75, 3.05) is 13.1 Å². The first-order valence-electron chi connectivity index (χ1n) is 18.4. The molecule has 0 aromatic heterocycles. The van der Waals surface area contributed by atoms with Crippen LogP contribution in [0.2, 0.25) is 0 Å². The Morgan fingerprint density at radius 3 is 2.25 bits per heavy atom. The summed E-state index contributed by atoms with van der Waals surface area (Å²) in [5, 5.41) is 15.4. The zero-order valence-electron chi connectivity index (χ0n) is 29.2. The summed E-state index contributed by atoms with van der Waals surface area (Å²) in [7, 11) is -7.57. The van der Waals surface area contributed by atoms with Gasteiger partial charge in [-0.3, -0.25) is 9.59 Å². The third-order valence-corrected chi connectivity index (χ3v) is 15.4. The Labute approximate surface area is 288 Å². The van der Waals surface area contributed by atoms with Crippen molar-refractivity contribution in [3.05, 3.63) is 11.8 Å². The highest BCUT2D eigenvalue weighted by Gasteiger charge is 2.41. The first kappa shape index (κ1) is 39.1. The highest BCUT2D eigenvalue weighted by Crippen LogP contribution is 2.36. The highest BCUT2D eigenvalue weighted by molar-refractivity contribution is 7.90. The van der Waals surface area contributed by atoms with Crippen LogP contribution in [0.1, 0.15) is 124 Å². The number of carbonyl (C=O) groups is 2. The molecule has 6 N–H and O–H groups in total. The summed E-state index contributed by atoms with van der Waals surface area (Å²) in [6, 6.07) is -1.81. The number of nitrogens with one attached hydrogen (secondary N) is 3. The van der Waals surface area contributed by atoms with E-state index in [4.69, 9.17) is 5.73 Å². The molecule has 3 fully saturated rings. The number of carboxylic acid groups (broad SMARTS) is 1. The van der Waals surface area contributed by atoms with Crippen LogP contribution in [-0.4, -0.2) is 85.9 Å². The second kappa shape index (κ2) is 17.5. The van der Waals surface area contributed by atoms with Gasteiger partial charge in [0.1, 0.15) is 12.1 Å². The van der Waals surface area contributed by atoms with Crippen LogP contribution in [0.25, 0.3) is 0 Å². The number of carbonyl (C=O) groups excluding carboxylic acids is 1. The van der Waals surface area contributed by atoms with Crippen LogP contribution in [0.15, 0.2) is 11.8 Å². The Morgan fingerprint density at radius 2 is 1.60 bits per heavy atom. The lowest BCUT2D eigenvalue weighted by Crippen LogP contribution is -2.51. The van der Waals surface area contributed by atoms with Crippen molar-refractivity contribution >= 4 is 31.9 Å². The molecule has 14 heteroatoms. The Balaban J connectivity index is 1.37. The molecule has 1 heterocycles. The van der Waals surface area contributed by atoms with Gasteiger partial charge in [-0.25, -0.2) is 21.6 Å². The number of rotatable bonds is 17. The van der Waals surface area contributed by atoms with Crippen LogP contribution in [0, 0.1) is 17.8 Å². The maximum atomic E-state index is 13.7. The lowest BCUT2D eigenvalue weighted by molar-refractivity contribution is -0.142. The molecule has 0 saturated heterocycles. The predicted molar refractivity (Wildman–Crippen MR) is 188 cm³/mol. The molecule has 4 atom stereocenters.